The van der Waals surface area contributed by atoms with Crippen LogP contribution in [0.1, 0.15) is 21.5 Å². The minimum absolute atomic E-state index is 0.00890. The van der Waals surface area contributed by atoms with E-state index in [1.807, 2.05) is 0 Å². The Labute approximate surface area is 343 Å². The van der Waals surface area contributed by atoms with E-state index in [2.05, 4.69) is 20.0 Å². The first kappa shape index (κ1) is 41.1. The predicted octanol–water partition coefficient (Wildman–Crippen LogP) is 7.02. The van der Waals surface area contributed by atoms with Crippen molar-refractivity contribution in [1.29, 1.82) is 0 Å². The van der Waals surface area contributed by atoms with E-state index in [-0.39, 0.29) is 23.1 Å². The van der Waals surface area contributed by atoms with Crippen molar-refractivity contribution in [2.45, 2.75) is 29.8 Å². The van der Waals surface area contributed by atoms with Gasteiger partial charge in [0.1, 0.15) is 35.4 Å². The minimum atomic E-state index is -4.65. The van der Waals surface area contributed by atoms with Gasteiger partial charge in [0.2, 0.25) is 21.8 Å². The van der Waals surface area contributed by atoms with Crippen molar-refractivity contribution in [3.63, 3.8) is 0 Å². The normalized spacial score (nSPS) is 12.6. The van der Waals surface area contributed by atoms with E-state index in [0.717, 1.165) is 39.7 Å². The number of carbonyl (C=O) groups is 3. The Morgan fingerprint density at radius 2 is 1.12 bits per heavy atom. The zero-order valence-corrected chi connectivity index (χ0v) is 33.5. The lowest BCUT2D eigenvalue weighted by atomic mass is 10.0. The summed E-state index contributed by atoms with van der Waals surface area (Å²) < 4.78 is 89.0. The van der Waals surface area contributed by atoms with Gasteiger partial charge in [0.05, 0.1) is 36.3 Å². The third kappa shape index (κ3) is 9.46. The van der Waals surface area contributed by atoms with Crippen molar-refractivity contribution in [1.82, 2.24) is 20.0 Å². The summed E-state index contributed by atoms with van der Waals surface area (Å²) in [4.78, 5) is 52.4. The molecule has 0 aliphatic carbocycles. The lowest BCUT2D eigenvalue weighted by Gasteiger charge is -2.25. The fourth-order valence-electron chi connectivity index (χ4n) is 6.44. The van der Waals surface area contributed by atoms with Crippen molar-refractivity contribution < 1.29 is 40.4 Å². The standard InChI is InChI=1S/C41H32F4N6O5S3/c1-50(30-6-8-37-33(19-30)46-21-57-37)40(53)35(14-23-10-26(42)17-27(43)11-23)48-39(52)25-4-3-5-32(16-25)59(55,56)49-36(15-24-12-28(44)18-29(45)13-24)41(54)51(2)31-7-9-38-34(20-31)47-22-58-38/h3-13,16-22,35-36,49H,14-15H2,1-2H3,(H,48,52)/t35?,36-/m0/s1. The van der Waals surface area contributed by atoms with Gasteiger partial charge in [-0.25, -0.2) is 35.9 Å². The molecule has 2 aromatic heterocycles. The Hall–Kier alpha value is -6.08. The maximum absolute atomic E-state index is 14.2. The van der Waals surface area contributed by atoms with Gasteiger partial charge in [-0.3, -0.25) is 14.4 Å². The van der Waals surface area contributed by atoms with Crippen LogP contribution in [0, 0.1) is 23.3 Å². The number of fused-ring (bicyclic) bond motifs is 2. The molecule has 0 fully saturated rings. The number of hydrogen-bond acceptors (Lipinski definition) is 9. The highest BCUT2D eigenvalue weighted by molar-refractivity contribution is 7.89. The molecule has 3 amide bonds. The zero-order chi connectivity index (χ0) is 42.0. The molecule has 302 valence electrons. The highest BCUT2D eigenvalue weighted by Gasteiger charge is 2.31. The number of hydrogen-bond donors (Lipinski definition) is 2. The number of likely N-dealkylation sites (N-methyl/N-ethyl adjacent to an activating group) is 2. The third-order valence-electron chi connectivity index (χ3n) is 9.39. The van der Waals surface area contributed by atoms with Crippen molar-refractivity contribution in [2.24, 2.45) is 0 Å². The number of thiazole rings is 2. The van der Waals surface area contributed by atoms with Crippen LogP contribution in [0.25, 0.3) is 20.4 Å². The van der Waals surface area contributed by atoms with E-state index in [9.17, 15) is 40.4 Å². The molecule has 0 saturated heterocycles. The summed E-state index contributed by atoms with van der Waals surface area (Å²) in [6, 6.07) is 17.2. The van der Waals surface area contributed by atoms with Gasteiger partial charge in [-0.15, -0.1) is 22.7 Å². The maximum atomic E-state index is 14.2. The molecule has 11 nitrogen and oxygen atoms in total. The van der Waals surface area contributed by atoms with Gasteiger partial charge in [-0.2, -0.15) is 4.72 Å². The minimum Gasteiger partial charge on any atom is -0.340 e. The van der Waals surface area contributed by atoms with Gasteiger partial charge in [0.25, 0.3) is 5.91 Å². The fraction of sp³-hybridized carbons (Fsp3) is 0.146. The van der Waals surface area contributed by atoms with E-state index in [0.29, 0.717) is 34.5 Å². The molecule has 1 unspecified atom stereocenters. The van der Waals surface area contributed by atoms with E-state index in [1.165, 1.54) is 64.8 Å². The number of anilines is 2. The van der Waals surface area contributed by atoms with E-state index in [4.69, 9.17) is 0 Å². The molecule has 5 aromatic carbocycles. The molecule has 59 heavy (non-hydrogen) atoms. The number of benzene rings is 5. The molecule has 2 heterocycles. The quantitative estimate of drug-likeness (QED) is 0.119. The van der Waals surface area contributed by atoms with Gasteiger partial charge in [-0.05, 0) is 96.4 Å². The number of halogens is 4. The molecule has 0 aliphatic heterocycles. The number of aromatic nitrogens is 2. The van der Waals surface area contributed by atoms with Crippen molar-refractivity contribution in [3.8, 4) is 0 Å². The van der Waals surface area contributed by atoms with Crippen LogP contribution in [0.5, 0.6) is 0 Å². The highest BCUT2D eigenvalue weighted by Crippen LogP contribution is 2.26. The van der Waals surface area contributed by atoms with Gasteiger partial charge in [0.15, 0.2) is 0 Å². The monoisotopic (exact) mass is 860 g/mol. The van der Waals surface area contributed by atoms with Gasteiger partial charge < -0.3 is 15.1 Å². The Morgan fingerprint density at radius 1 is 0.644 bits per heavy atom. The second-order valence-electron chi connectivity index (χ2n) is 13.5. The third-order valence-corrected chi connectivity index (χ3v) is 12.5. The number of amides is 3. The first-order chi connectivity index (χ1) is 28.1. The summed E-state index contributed by atoms with van der Waals surface area (Å²) in [7, 11) is -1.77. The number of nitrogens with one attached hydrogen (secondary N) is 2. The second-order valence-corrected chi connectivity index (χ2v) is 17.0. The summed E-state index contributed by atoms with van der Waals surface area (Å²) in [6.45, 7) is 0. The van der Waals surface area contributed by atoms with Crippen molar-refractivity contribution in [3.05, 3.63) is 148 Å². The molecular weight excluding hydrogens is 829 g/mol. The molecule has 18 heteroatoms. The number of sulfonamides is 1. The van der Waals surface area contributed by atoms with E-state index < -0.39 is 74.4 Å². The van der Waals surface area contributed by atoms with E-state index >= 15 is 0 Å². The van der Waals surface area contributed by atoms with Crippen LogP contribution in [-0.4, -0.2) is 62.3 Å². The molecule has 0 saturated carbocycles. The number of nitrogens with zero attached hydrogens (tertiary/aromatic N) is 4. The zero-order valence-electron chi connectivity index (χ0n) is 31.0. The maximum Gasteiger partial charge on any atom is 0.251 e. The average molecular weight is 861 g/mol. The second kappa shape index (κ2) is 17.0. The smallest absolute Gasteiger partial charge is 0.251 e. The van der Waals surface area contributed by atoms with Crippen LogP contribution in [-0.2, 0) is 32.5 Å². The number of rotatable bonds is 13. The summed E-state index contributed by atoms with van der Waals surface area (Å²) in [5.74, 6) is -5.97. The average Bonchev–Trinajstić information content (AvgIpc) is 3.88. The lowest BCUT2D eigenvalue weighted by Crippen LogP contribution is -2.49. The van der Waals surface area contributed by atoms with Gasteiger partial charge in [0, 0.05) is 49.6 Å². The highest BCUT2D eigenvalue weighted by atomic mass is 32.2. The summed E-state index contributed by atoms with van der Waals surface area (Å²) in [5, 5.41) is 2.59. The summed E-state index contributed by atoms with van der Waals surface area (Å²) in [5.41, 5.74) is 5.15. The molecule has 7 rings (SSSR count). The van der Waals surface area contributed by atoms with Crippen LogP contribution < -0.4 is 19.8 Å². The molecule has 0 bridgehead atoms. The SMILES string of the molecule is CN(C(=O)C(Cc1cc(F)cc(F)c1)NC(=O)c1cccc(S(=O)(=O)N[C@@H](Cc2cc(F)cc(F)c2)C(=O)N(C)c2ccc3scnc3c2)c1)c1ccc2scnc2c1. The van der Waals surface area contributed by atoms with Gasteiger partial charge >= 0.3 is 0 Å². The fourth-order valence-corrected chi connectivity index (χ4v) is 8.99. The Morgan fingerprint density at radius 3 is 1.63 bits per heavy atom. The Bertz CT molecular complexity index is 2810. The van der Waals surface area contributed by atoms with E-state index in [1.54, 1.807) is 47.4 Å². The van der Waals surface area contributed by atoms with Crippen molar-refractivity contribution >= 4 is 82.2 Å². The van der Waals surface area contributed by atoms with Crippen molar-refractivity contribution in [2.75, 3.05) is 23.9 Å². The molecule has 0 spiro atoms. The van der Waals surface area contributed by atoms with Gasteiger partial charge in [-0.1, -0.05) is 6.07 Å². The van der Waals surface area contributed by atoms with Crippen LogP contribution in [0.2, 0.25) is 0 Å². The summed E-state index contributed by atoms with van der Waals surface area (Å²) >= 11 is 2.79. The summed E-state index contributed by atoms with van der Waals surface area (Å²) in [6.07, 6.45) is -0.793. The molecule has 0 aliphatic rings. The topological polar surface area (TPSA) is 142 Å². The predicted molar refractivity (Wildman–Crippen MR) is 218 cm³/mol. The molecule has 0 radical (unpaired) electrons. The molecule has 2 atom stereocenters. The molecule has 2 N–H and O–H groups in total. The Balaban J connectivity index is 1.16. The first-order valence-corrected chi connectivity index (χ1v) is 20.9. The Kier molecular flexibility index (Phi) is 11.9. The number of carbonyl (C=O) groups excluding carboxylic acids is 3. The largest absolute Gasteiger partial charge is 0.340 e. The van der Waals surface area contributed by atoms with Crippen LogP contribution in [0.3, 0.4) is 0 Å². The van der Waals surface area contributed by atoms with Crippen LogP contribution in [0.4, 0.5) is 28.9 Å². The lowest BCUT2D eigenvalue weighted by molar-refractivity contribution is -0.120. The molecule has 7 aromatic rings. The van der Waals surface area contributed by atoms with Crippen LogP contribution >= 0.6 is 22.7 Å². The van der Waals surface area contributed by atoms with Crippen LogP contribution in [0.15, 0.2) is 113 Å². The first-order valence-electron chi connectivity index (χ1n) is 17.7. The molecular formula is C41H32F4N6O5S3.